The van der Waals surface area contributed by atoms with Gasteiger partial charge in [-0.15, -0.1) is 0 Å². The van der Waals surface area contributed by atoms with Crippen molar-refractivity contribution in [1.29, 1.82) is 0 Å². The van der Waals surface area contributed by atoms with Crippen LogP contribution in [0.25, 0.3) is 5.69 Å². The Balaban J connectivity index is 1.36. The predicted molar refractivity (Wildman–Crippen MR) is 173 cm³/mol. The van der Waals surface area contributed by atoms with Crippen LogP contribution in [0.5, 0.6) is 5.75 Å². The van der Waals surface area contributed by atoms with Crippen LogP contribution in [-0.2, 0) is 0 Å². The van der Waals surface area contributed by atoms with Crippen LogP contribution in [0.2, 0.25) is 0 Å². The van der Waals surface area contributed by atoms with E-state index in [-0.39, 0.29) is 22.7 Å². The zero-order valence-electron chi connectivity index (χ0n) is 23.8. The molecule has 1 aliphatic heterocycles. The first kappa shape index (κ1) is 28.4. The highest BCUT2D eigenvalue weighted by Gasteiger charge is 2.42. The van der Waals surface area contributed by atoms with Crippen LogP contribution in [0.3, 0.4) is 0 Å². The van der Waals surface area contributed by atoms with Crippen molar-refractivity contribution in [3.8, 4) is 11.4 Å². The second-order valence-corrected chi connectivity index (χ2v) is 11.7. The largest absolute Gasteiger partial charge is 0.497 e. The summed E-state index contributed by atoms with van der Waals surface area (Å²) in [5.74, 6) is 0.813. The van der Waals surface area contributed by atoms with Gasteiger partial charge in [0.15, 0.2) is 5.11 Å². The number of hydrogen-bond donors (Lipinski definition) is 1. The molecule has 0 bridgehead atoms. The lowest BCUT2D eigenvalue weighted by atomic mass is 9.96. The summed E-state index contributed by atoms with van der Waals surface area (Å²) in [7, 11) is 1.67. The first-order valence-corrected chi connectivity index (χ1v) is 14.9. The minimum absolute atomic E-state index is 0.0783. The minimum atomic E-state index is -0.390. The second kappa shape index (κ2) is 11.9. The molecular formula is C33H29N5O3S2. The highest BCUT2D eigenvalue weighted by atomic mass is 32.2. The molecule has 5 aromatic rings. The molecule has 6 rings (SSSR count). The van der Waals surface area contributed by atoms with Crippen molar-refractivity contribution in [2.24, 2.45) is 0 Å². The summed E-state index contributed by atoms with van der Waals surface area (Å²) in [4.78, 5) is 19.4. The molecule has 43 heavy (non-hydrogen) atoms. The summed E-state index contributed by atoms with van der Waals surface area (Å²) >= 11 is 7.51. The van der Waals surface area contributed by atoms with E-state index < -0.39 is 0 Å². The number of benzene rings is 3. The van der Waals surface area contributed by atoms with Crippen LogP contribution in [0.15, 0.2) is 113 Å². The number of methoxy groups -OCH3 is 1. The Hall–Kier alpha value is -4.67. The van der Waals surface area contributed by atoms with Gasteiger partial charge in [-0.05, 0) is 110 Å². The van der Waals surface area contributed by atoms with Crippen LogP contribution in [-0.4, -0.2) is 26.7 Å². The van der Waals surface area contributed by atoms with E-state index in [0.717, 1.165) is 49.6 Å². The van der Waals surface area contributed by atoms with Gasteiger partial charge in [0.2, 0.25) is 0 Å². The van der Waals surface area contributed by atoms with Gasteiger partial charge in [0.1, 0.15) is 5.75 Å². The molecule has 216 valence electrons. The summed E-state index contributed by atoms with van der Waals surface area (Å²) in [5, 5.41) is 15.2. The van der Waals surface area contributed by atoms with Crippen molar-refractivity contribution in [3.63, 3.8) is 0 Å². The van der Waals surface area contributed by atoms with Crippen LogP contribution >= 0.6 is 24.0 Å². The number of non-ortho nitro benzene ring substituents is 1. The minimum Gasteiger partial charge on any atom is -0.497 e. The van der Waals surface area contributed by atoms with Crippen LogP contribution < -0.4 is 15.0 Å². The number of pyridine rings is 1. The maximum absolute atomic E-state index is 11.0. The van der Waals surface area contributed by atoms with E-state index in [9.17, 15) is 10.1 Å². The maximum atomic E-state index is 11.0. The van der Waals surface area contributed by atoms with Crippen molar-refractivity contribution in [1.82, 2.24) is 14.9 Å². The summed E-state index contributed by atoms with van der Waals surface area (Å²) < 4.78 is 7.63. The highest BCUT2D eigenvalue weighted by Crippen LogP contribution is 2.44. The van der Waals surface area contributed by atoms with Gasteiger partial charge in [-0.1, -0.05) is 17.8 Å². The second-order valence-electron chi connectivity index (χ2n) is 10.2. The third-order valence-electron chi connectivity index (χ3n) is 7.62. The number of aryl methyl sites for hydroxylation is 1. The third-order valence-corrected chi connectivity index (χ3v) is 8.95. The Morgan fingerprint density at radius 2 is 1.58 bits per heavy atom. The van der Waals surface area contributed by atoms with E-state index in [1.165, 1.54) is 12.1 Å². The molecular weight excluding hydrogens is 579 g/mol. The normalized spacial score (nSPS) is 16.3. The van der Waals surface area contributed by atoms with Crippen molar-refractivity contribution >= 4 is 40.5 Å². The predicted octanol–water partition coefficient (Wildman–Crippen LogP) is 7.73. The summed E-state index contributed by atoms with van der Waals surface area (Å²) in [5.41, 5.74) is 6.40. The van der Waals surface area contributed by atoms with Gasteiger partial charge in [0, 0.05) is 50.9 Å². The van der Waals surface area contributed by atoms with Gasteiger partial charge < -0.3 is 19.5 Å². The molecule has 0 radical (unpaired) electrons. The average molecular weight is 608 g/mol. The van der Waals surface area contributed by atoms with Crippen molar-refractivity contribution in [2.75, 3.05) is 12.0 Å². The number of nitro benzene ring substituents is 1. The Labute approximate surface area is 259 Å². The number of hydrogen-bond acceptors (Lipinski definition) is 6. The summed E-state index contributed by atoms with van der Waals surface area (Å²) in [6.07, 6.45) is 1.81. The van der Waals surface area contributed by atoms with Gasteiger partial charge in [-0.3, -0.25) is 15.1 Å². The number of rotatable bonds is 8. The van der Waals surface area contributed by atoms with Crippen molar-refractivity contribution in [2.45, 2.75) is 35.7 Å². The zero-order valence-corrected chi connectivity index (χ0v) is 25.4. The smallest absolute Gasteiger partial charge is 0.269 e. The highest BCUT2D eigenvalue weighted by molar-refractivity contribution is 7.99. The lowest BCUT2D eigenvalue weighted by Gasteiger charge is -2.28. The molecule has 3 heterocycles. The van der Waals surface area contributed by atoms with E-state index in [1.54, 1.807) is 31.0 Å². The lowest BCUT2D eigenvalue weighted by Crippen LogP contribution is -2.29. The third kappa shape index (κ3) is 5.59. The Kier molecular flexibility index (Phi) is 7.88. The van der Waals surface area contributed by atoms with E-state index in [2.05, 4.69) is 71.1 Å². The van der Waals surface area contributed by atoms with Crippen LogP contribution in [0.1, 0.15) is 34.7 Å². The molecule has 1 N–H and O–H groups in total. The molecule has 2 unspecified atom stereocenters. The maximum Gasteiger partial charge on any atom is 0.269 e. The SMILES string of the molecule is COc1ccc(-n2c(C)cc(C3C(c4ccccn4)NC(=S)N3c3ccc(Sc4ccc([N+](=O)[O-])cc4)cc3)c2C)cc1. The topological polar surface area (TPSA) is 85.5 Å². The quantitative estimate of drug-likeness (QED) is 0.109. The molecule has 10 heteroatoms. The molecule has 0 amide bonds. The standard InChI is InChI=1S/C33H29N5O3S2/c1-21-20-29(22(2)36(21)23-7-13-26(41-3)14-8-23)32-31(30-6-4-5-19-34-30)35-33(42)37(32)24-9-15-27(16-10-24)43-28-17-11-25(12-18-28)38(39)40/h4-20,31-32H,1-3H3,(H,35,42). The molecule has 1 fully saturated rings. The van der Waals surface area contributed by atoms with E-state index >= 15 is 0 Å². The average Bonchev–Trinajstić information content (AvgIpc) is 3.52. The number of thiocarbonyl (C=S) groups is 1. The molecule has 8 nitrogen and oxygen atoms in total. The number of ether oxygens (including phenoxy) is 1. The Morgan fingerprint density at radius 1 is 0.930 bits per heavy atom. The monoisotopic (exact) mass is 607 g/mol. The molecule has 1 aliphatic rings. The van der Waals surface area contributed by atoms with E-state index in [4.69, 9.17) is 21.9 Å². The van der Waals surface area contributed by atoms with Gasteiger partial charge in [-0.2, -0.15) is 0 Å². The van der Waals surface area contributed by atoms with Crippen LogP contribution in [0.4, 0.5) is 11.4 Å². The van der Waals surface area contributed by atoms with Gasteiger partial charge >= 0.3 is 0 Å². The van der Waals surface area contributed by atoms with Crippen molar-refractivity contribution in [3.05, 3.63) is 136 Å². The fourth-order valence-corrected chi connectivity index (χ4v) is 6.77. The molecule has 0 spiro atoms. The number of nitrogens with one attached hydrogen (secondary N) is 1. The summed E-state index contributed by atoms with van der Waals surface area (Å²) in [6, 6.07) is 30.8. The Bertz CT molecular complexity index is 1770. The van der Waals surface area contributed by atoms with Gasteiger partial charge in [-0.25, -0.2) is 0 Å². The first-order chi connectivity index (χ1) is 20.8. The molecule has 2 aromatic heterocycles. The number of aromatic nitrogens is 2. The Morgan fingerprint density at radius 3 is 2.19 bits per heavy atom. The molecule has 1 saturated heterocycles. The number of nitrogens with zero attached hydrogens (tertiary/aromatic N) is 4. The van der Waals surface area contributed by atoms with E-state index in [0.29, 0.717) is 5.11 Å². The fourth-order valence-electron chi connectivity index (χ4n) is 5.61. The van der Waals surface area contributed by atoms with Crippen molar-refractivity contribution < 1.29 is 9.66 Å². The zero-order chi connectivity index (χ0) is 30.1. The lowest BCUT2D eigenvalue weighted by molar-refractivity contribution is -0.384. The number of anilines is 1. The van der Waals surface area contributed by atoms with Crippen LogP contribution in [0, 0.1) is 24.0 Å². The molecule has 2 atom stereocenters. The molecule has 0 aliphatic carbocycles. The van der Waals surface area contributed by atoms with Gasteiger partial charge in [0.25, 0.3) is 5.69 Å². The fraction of sp³-hybridized carbons (Fsp3) is 0.152. The molecule has 0 saturated carbocycles. The first-order valence-electron chi connectivity index (χ1n) is 13.7. The number of nitro groups is 1. The van der Waals surface area contributed by atoms with E-state index in [1.807, 2.05) is 36.5 Å². The van der Waals surface area contributed by atoms with Gasteiger partial charge in [0.05, 0.1) is 29.8 Å². The summed E-state index contributed by atoms with van der Waals surface area (Å²) in [6.45, 7) is 4.26. The molecule has 3 aromatic carbocycles.